The Hall–Kier alpha value is -1.10. The molecule has 1 saturated carbocycles. The van der Waals surface area contributed by atoms with Gasteiger partial charge in [0.2, 0.25) is 0 Å². The standard InChI is InChI=1S/C9H12N2O2S/c1-2-6-7(9(12)13)8(14-11-6)10-5-3-4-5/h5,10H,2-4H2,1H3,(H,12,13). The molecule has 0 radical (unpaired) electrons. The summed E-state index contributed by atoms with van der Waals surface area (Å²) in [6.45, 7) is 1.92. The van der Waals surface area contributed by atoms with E-state index in [1.54, 1.807) is 0 Å². The second kappa shape index (κ2) is 3.57. The lowest BCUT2D eigenvalue weighted by Crippen LogP contribution is -2.06. The SMILES string of the molecule is CCc1nsc(NC2CC2)c1C(=O)O. The molecule has 1 aliphatic rings. The van der Waals surface area contributed by atoms with Gasteiger partial charge in [0.05, 0.1) is 5.69 Å². The van der Waals surface area contributed by atoms with E-state index in [-0.39, 0.29) is 0 Å². The van der Waals surface area contributed by atoms with Gasteiger partial charge < -0.3 is 10.4 Å². The zero-order valence-electron chi connectivity index (χ0n) is 7.91. The van der Waals surface area contributed by atoms with Gasteiger partial charge in [-0.3, -0.25) is 0 Å². The summed E-state index contributed by atoms with van der Waals surface area (Å²) in [4.78, 5) is 11.0. The lowest BCUT2D eigenvalue weighted by atomic mass is 10.2. The zero-order valence-corrected chi connectivity index (χ0v) is 8.73. The summed E-state index contributed by atoms with van der Waals surface area (Å²) in [6, 6.07) is 0.471. The van der Waals surface area contributed by atoms with Gasteiger partial charge in [0.1, 0.15) is 10.6 Å². The van der Waals surface area contributed by atoms with E-state index in [1.807, 2.05) is 6.92 Å². The molecule has 0 saturated heterocycles. The van der Waals surface area contributed by atoms with Crippen molar-refractivity contribution in [2.24, 2.45) is 0 Å². The fraction of sp³-hybridized carbons (Fsp3) is 0.556. The zero-order chi connectivity index (χ0) is 10.1. The molecule has 1 heterocycles. The van der Waals surface area contributed by atoms with Crippen LogP contribution < -0.4 is 5.32 Å². The van der Waals surface area contributed by atoms with Gasteiger partial charge in [-0.1, -0.05) is 6.92 Å². The highest BCUT2D eigenvalue weighted by Gasteiger charge is 2.26. The Morgan fingerprint density at radius 2 is 2.43 bits per heavy atom. The molecule has 0 aliphatic heterocycles. The number of carbonyl (C=O) groups is 1. The molecule has 0 atom stereocenters. The van der Waals surface area contributed by atoms with Crippen LogP contribution in [-0.4, -0.2) is 21.5 Å². The van der Waals surface area contributed by atoms with E-state index in [1.165, 1.54) is 11.5 Å². The summed E-state index contributed by atoms with van der Waals surface area (Å²) < 4.78 is 4.14. The number of rotatable bonds is 4. The number of carboxylic acids is 1. The molecule has 0 amide bonds. The van der Waals surface area contributed by atoms with Crippen LogP contribution in [0.4, 0.5) is 5.00 Å². The Balaban J connectivity index is 2.28. The molecule has 1 aromatic rings. The first-order valence-electron chi connectivity index (χ1n) is 4.70. The summed E-state index contributed by atoms with van der Waals surface area (Å²) in [5.74, 6) is -0.876. The average Bonchev–Trinajstić information content (AvgIpc) is 2.83. The van der Waals surface area contributed by atoms with Crippen LogP contribution in [0.1, 0.15) is 35.8 Å². The molecule has 2 rings (SSSR count). The average molecular weight is 212 g/mol. The van der Waals surface area contributed by atoms with Crippen molar-refractivity contribution in [1.82, 2.24) is 4.37 Å². The molecule has 1 aromatic heterocycles. The van der Waals surface area contributed by atoms with Crippen LogP contribution in [0.2, 0.25) is 0 Å². The van der Waals surface area contributed by atoms with Crippen LogP contribution >= 0.6 is 11.5 Å². The van der Waals surface area contributed by atoms with Gasteiger partial charge in [0.25, 0.3) is 0 Å². The quantitative estimate of drug-likeness (QED) is 0.801. The van der Waals surface area contributed by atoms with Crippen LogP contribution in [0.15, 0.2) is 0 Å². The Bertz CT molecular complexity index is 358. The van der Waals surface area contributed by atoms with Crippen molar-refractivity contribution >= 4 is 22.5 Å². The molecular formula is C9H12N2O2S. The Morgan fingerprint density at radius 1 is 1.71 bits per heavy atom. The molecule has 14 heavy (non-hydrogen) atoms. The third-order valence-corrected chi connectivity index (χ3v) is 3.04. The lowest BCUT2D eigenvalue weighted by molar-refractivity contribution is 0.0697. The third kappa shape index (κ3) is 1.72. The molecule has 4 nitrogen and oxygen atoms in total. The Labute approximate surface area is 86.1 Å². The van der Waals surface area contributed by atoms with Crippen molar-refractivity contribution in [3.8, 4) is 0 Å². The number of carboxylic acid groups (broad SMARTS) is 1. The maximum Gasteiger partial charge on any atom is 0.340 e. The second-order valence-corrected chi connectivity index (χ2v) is 4.18. The number of hydrogen-bond acceptors (Lipinski definition) is 4. The molecule has 0 spiro atoms. The fourth-order valence-corrected chi connectivity index (χ4v) is 2.23. The van der Waals surface area contributed by atoms with Gasteiger partial charge in [-0.25, -0.2) is 4.79 Å². The first-order chi connectivity index (χ1) is 6.72. The van der Waals surface area contributed by atoms with Crippen LogP contribution in [0.5, 0.6) is 0 Å². The maximum absolute atomic E-state index is 11.0. The Morgan fingerprint density at radius 3 is 2.93 bits per heavy atom. The number of nitrogens with one attached hydrogen (secondary N) is 1. The van der Waals surface area contributed by atoms with Gasteiger partial charge in [0.15, 0.2) is 0 Å². The topological polar surface area (TPSA) is 62.2 Å². The largest absolute Gasteiger partial charge is 0.478 e. The number of nitrogens with zero attached hydrogens (tertiary/aromatic N) is 1. The van der Waals surface area contributed by atoms with Crippen molar-refractivity contribution in [2.75, 3.05) is 5.32 Å². The predicted molar refractivity (Wildman–Crippen MR) is 55.1 cm³/mol. The molecule has 0 unspecified atom stereocenters. The van der Waals surface area contributed by atoms with Gasteiger partial charge in [-0.2, -0.15) is 4.37 Å². The van der Waals surface area contributed by atoms with Crippen LogP contribution in [0, 0.1) is 0 Å². The first-order valence-corrected chi connectivity index (χ1v) is 5.48. The van der Waals surface area contributed by atoms with E-state index < -0.39 is 5.97 Å². The number of aromatic carboxylic acids is 1. The van der Waals surface area contributed by atoms with Crippen molar-refractivity contribution in [1.29, 1.82) is 0 Å². The highest BCUT2D eigenvalue weighted by molar-refractivity contribution is 7.10. The normalized spacial score (nSPS) is 15.5. The number of aryl methyl sites for hydroxylation is 1. The summed E-state index contributed by atoms with van der Waals surface area (Å²) in [5.41, 5.74) is 1.05. The lowest BCUT2D eigenvalue weighted by Gasteiger charge is -2.01. The third-order valence-electron chi connectivity index (χ3n) is 2.22. The second-order valence-electron chi connectivity index (χ2n) is 3.41. The number of hydrogen-bond donors (Lipinski definition) is 2. The van der Waals surface area contributed by atoms with E-state index in [4.69, 9.17) is 5.11 Å². The number of aromatic nitrogens is 1. The van der Waals surface area contributed by atoms with Crippen LogP contribution in [0.25, 0.3) is 0 Å². The van der Waals surface area contributed by atoms with E-state index in [0.717, 1.165) is 17.8 Å². The van der Waals surface area contributed by atoms with E-state index in [9.17, 15) is 4.79 Å². The van der Waals surface area contributed by atoms with Crippen molar-refractivity contribution in [3.63, 3.8) is 0 Å². The minimum absolute atomic E-state index is 0.365. The van der Waals surface area contributed by atoms with E-state index in [2.05, 4.69) is 9.69 Å². The van der Waals surface area contributed by atoms with Gasteiger partial charge in [-0.15, -0.1) is 0 Å². The van der Waals surface area contributed by atoms with Crippen molar-refractivity contribution in [2.45, 2.75) is 32.2 Å². The minimum atomic E-state index is -0.876. The molecular weight excluding hydrogens is 200 g/mol. The van der Waals surface area contributed by atoms with E-state index >= 15 is 0 Å². The van der Waals surface area contributed by atoms with Crippen LogP contribution in [0.3, 0.4) is 0 Å². The fourth-order valence-electron chi connectivity index (χ4n) is 1.30. The predicted octanol–water partition coefficient (Wildman–Crippen LogP) is 1.98. The smallest absolute Gasteiger partial charge is 0.340 e. The van der Waals surface area contributed by atoms with Crippen molar-refractivity contribution < 1.29 is 9.90 Å². The summed E-state index contributed by atoms with van der Waals surface area (Å²) in [6.07, 6.45) is 2.95. The van der Waals surface area contributed by atoms with Gasteiger partial charge in [-0.05, 0) is 30.8 Å². The Kier molecular flexibility index (Phi) is 2.41. The first kappa shape index (κ1) is 9.45. The van der Waals surface area contributed by atoms with Crippen molar-refractivity contribution in [3.05, 3.63) is 11.3 Å². The molecule has 76 valence electrons. The van der Waals surface area contributed by atoms with Crippen LogP contribution in [-0.2, 0) is 6.42 Å². The molecule has 0 aromatic carbocycles. The molecule has 5 heteroatoms. The van der Waals surface area contributed by atoms with Gasteiger partial charge >= 0.3 is 5.97 Å². The highest BCUT2D eigenvalue weighted by atomic mass is 32.1. The summed E-state index contributed by atoms with van der Waals surface area (Å²) in [5, 5.41) is 12.9. The molecule has 0 bridgehead atoms. The summed E-state index contributed by atoms with van der Waals surface area (Å²) in [7, 11) is 0. The number of anilines is 1. The minimum Gasteiger partial charge on any atom is -0.478 e. The summed E-state index contributed by atoms with van der Waals surface area (Å²) >= 11 is 1.26. The molecule has 2 N–H and O–H groups in total. The molecule has 1 aliphatic carbocycles. The molecule has 1 fully saturated rings. The maximum atomic E-state index is 11.0. The highest BCUT2D eigenvalue weighted by Crippen LogP contribution is 2.31. The monoisotopic (exact) mass is 212 g/mol. The van der Waals surface area contributed by atoms with Gasteiger partial charge in [0, 0.05) is 6.04 Å². The van der Waals surface area contributed by atoms with E-state index in [0.29, 0.717) is 23.7 Å².